The van der Waals surface area contributed by atoms with Crippen molar-refractivity contribution in [3.63, 3.8) is 0 Å². The van der Waals surface area contributed by atoms with Crippen LogP contribution in [0.5, 0.6) is 0 Å². The molecule has 0 aromatic carbocycles. The lowest BCUT2D eigenvalue weighted by Gasteiger charge is -2.34. The lowest BCUT2D eigenvalue weighted by Crippen LogP contribution is -2.45. The summed E-state index contributed by atoms with van der Waals surface area (Å²) >= 11 is 0. The number of amides is 2. The van der Waals surface area contributed by atoms with Crippen LogP contribution in [0.1, 0.15) is 33.1 Å². The molecule has 1 atom stereocenters. The average Bonchev–Trinajstić information content (AvgIpc) is 2.01. The molecule has 0 spiro atoms. The van der Waals surface area contributed by atoms with Crippen molar-refractivity contribution in [3.8, 4) is 0 Å². The highest BCUT2D eigenvalue weighted by Crippen LogP contribution is 2.23. The van der Waals surface area contributed by atoms with Crippen molar-refractivity contribution >= 4 is 6.03 Å². The van der Waals surface area contributed by atoms with Crippen molar-refractivity contribution in [2.75, 3.05) is 13.1 Å². The predicted molar refractivity (Wildman–Crippen MR) is 56.8 cm³/mol. The maximum absolute atomic E-state index is 11.0. The van der Waals surface area contributed by atoms with E-state index in [0.29, 0.717) is 5.92 Å². The van der Waals surface area contributed by atoms with E-state index in [0.717, 1.165) is 32.4 Å². The van der Waals surface area contributed by atoms with Gasteiger partial charge in [-0.05, 0) is 39.0 Å². The van der Waals surface area contributed by atoms with Crippen LogP contribution in [0, 0.1) is 5.92 Å². The number of hydrogen-bond donors (Lipinski definition) is 2. The number of likely N-dealkylation sites (tertiary alicyclic amines) is 1. The van der Waals surface area contributed by atoms with Gasteiger partial charge in [-0.25, -0.2) is 4.79 Å². The molecule has 0 radical (unpaired) electrons. The van der Waals surface area contributed by atoms with Gasteiger partial charge in [-0.15, -0.1) is 0 Å². The van der Waals surface area contributed by atoms with Gasteiger partial charge in [0.2, 0.25) is 0 Å². The van der Waals surface area contributed by atoms with Crippen molar-refractivity contribution in [1.82, 2.24) is 4.90 Å². The molecular weight excluding hydrogens is 178 g/mol. The Kier molecular flexibility index (Phi) is 3.37. The molecule has 0 aliphatic carbocycles. The standard InChI is InChI=1S/C10H21N3O/c1-10(2,12)6-8-4-3-5-13(7-8)9(11)14/h8H,3-7,12H2,1-2H3,(H2,11,14). The molecule has 14 heavy (non-hydrogen) atoms. The first-order chi connectivity index (χ1) is 6.38. The first kappa shape index (κ1) is 11.3. The summed E-state index contributed by atoms with van der Waals surface area (Å²) in [5, 5.41) is 0. The molecule has 1 heterocycles. The van der Waals surface area contributed by atoms with Crippen LogP contribution in [0.4, 0.5) is 4.79 Å². The number of carbonyl (C=O) groups excluding carboxylic acids is 1. The topological polar surface area (TPSA) is 72.3 Å². The summed E-state index contributed by atoms with van der Waals surface area (Å²) in [6.07, 6.45) is 3.16. The van der Waals surface area contributed by atoms with Crippen LogP contribution < -0.4 is 11.5 Å². The minimum Gasteiger partial charge on any atom is -0.351 e. The molecule has 4 N–H and O–H groups in total. The minimum atomic E-state index is -0.301. The number of primary amides is 1. The smallest absolute Gasteiger partial charge is 0.314 e. The highest BCUT2D eigenvalue weighted by molar-refractivity contribution is 5.72. The molecule has 1 fully saturated rings. The fraction of sp³-hybridized carbons (Fsp3) is 0.900. The zero-order valence-electron chi connectivity index (χ0n) is 9.12. The number of carbonyl (C=O) groups is 1. The highest BCUT2D eigenvalue weighted by Gasteiger charge is 2.25. The molecule has 0 aromatic heterocycles. The van der Waals surface area contributed by atoms with Crippen molar-refractivity contribution in [1.29, 1.82) is 0 Å². The van der Waals surface area contributed by atoms with E-state index < -0.39 is 0 Å². The second-order valence-electron chi connectivity index (χ2n) is 4.99. The molecule has 1 aliphatic heterocycles. The van der Waals surface area contributed by atoms with E-state index in [4.69, 9.17) is 11.5 Å². The van der Waals surface area contributed by atoms with E-state index in [1.54, 1.807) is 4.90 Å². The summed E-state index contributed by atoms with van der Waals surface area (Å²) in [6, 6.07) is -0.301. The largest absolute Gasteiger partial charge is 0.351 e. The zero-order chi connectivity index (χ0) is 10.8. The first-order valence-corrected chi connectivity index (χ1v) is 5.22. The Morgan fingerprint density at radius 1 is 1.57 bits per heavy atom. The van der Waals surface area contributed by atoms with E-state index in [1.807, 2.05) is 13.8 Å². The van der Waals surface area contributed by atoms with Gasteiger partial charge in [-0.1, -0.05) is 0 Å². The van der Waals surface area contributed by atoms with Crippen LogP contribution in [-0.2, 0) is 0 Å². The van der Waals surface area contributed by atoms with Gasteiger partial charge in [0.05, 0.1) is 0 Å². The number of hydrogen-bond acceptors (Lipinski definition) is 2. The fourth-order valence-electron chi connectivity index (χ4n) is 2.18. The molecule has 0 aromatic rings. The summed E-state index contributed by atoms with van der Waals surface area (Å²) in [7, 11) is 0. The second-order valence-corrected chi connectivity index (χ2v) is 4.99. The van der Waals surface area contributed by atoms with E-state index in [-0.39, 0.29) is 11.6 Å². The number of nitrogens with zero attached hydrogens (tertiary/aromatic N) is 1. The third kappa shape index (κ3) is 3.54. The average molecular weight is 199 g/mol. The van der Waals surface area contributed by atoms with Crippen molar-refractivity contribution in [3.05, 3.63) is 0 Å². The van der Waals surface area contributed by atoms with Crippen LogP contribution in [0.25, 0.3) is 0 Å². The maximum atomic E-state index is 11.0. The van der Waals surface area contributed by atoms with Crippen LogP contribution in [-0.4, -0.2) is 29.6 Å². The Hall–Kier alpha value is -0.770. The lowest BCUT2D eigenvalue weighted by molar-refractivity contribution is 0.161. The van der Waals surface area contributed by atoms with Gasteiger partial charge >= 0.3 is 6.03 Å². The van der Waals surface area contributed by atoms with Crippen molar-refractivity contribution in [2.24, 2.45) is 17.4 Å². The summed E-state index contributed by atoms with van der Waals surface area (Å²) in [4.78, 5) is 12.7. The van der Waals surface area contributed by atoms with Gasteiger partial charge in [-0.3, -0.25) is 0 Å². The molecule has 1 saturated heterocycles. The number of rotatable bonds is 2. The predicted octanol–water partition coefficient (Wildman–Crippen LogP) is 0.905. The third-order valence-corrected chi connectivity index (χ3v) is 2.65. The second kappa shape index (κ2) is 4.17. The normalized spacial score (nSPS) is 23.6. The first-order valence-electron chi connectivity index (χ1n) is 5.22. The third-order valence-electron chi connectivity index (χ3n) is 2.65. The van der Waals surface area contributed by atoms with Crippen LogP contribution in [0.15, 0.2) is 0 Å². The Labute approximate surface area is 85.6 Å². The van der Waals surface area contributed by atoms with Gasteiger partial charge in [0.1, 0.15) is 0 Å². The summed E-state index contributed by atoms with van der Waals surface area (Å²) in [5.41, 5.74) is 11.1. The van der Waals surface area contributed by atoms with Crippen LogP contribution in [0.2, 0.25) is 0 Å². The van der Waals surface area contributed by atoms with Gasteiger partial charge in [0, 0.05) is 18.6 Å². The summed E-state index contributed by atoms with van der Waals surface area (Å²) in [6.45, 7) is 5.62. The quantitative estimate of drug-likeness (QED) is 0.693. The van der Waals surface area contributed by atoms with Gasteiger partial charge in [-0.2, -0.15) is 0 Å². The van der Waals surface area contributed by atoms with Gasteiger partial charge < -0.3 is 16.4 Å². The van der Waals surface area contributed by atoms with Gasteiger partial charge in [0.15, 0.2) is 0 Å². The molecule has 1 unspecified atom stereocenters. The molecule has 2 amide bonds. The molecule has 4 heteroatoms. The van der Waals surface area contributed by atoms with E-state index in [9.17, 15) is 4.79 Å². The minimum absolute atomic E-state index is 0.147. The summed E-state index contributed by atoms with van der Waals surface area (Å²) < 4.78 is 0. The molecule has 1 rings (SSSR count). The lowest BCUT2D eigenvalue weighted by atomic mass is 9.86. The molecular formula is C10H21N3O. The van der Waals surface area contributed by atoms with E-state index in [1.165, 1.54) is 0 Å². The van der Waals surface area contributed by atoms with Crippen molar-refractivity contribution < 1.29 is 4.79 Å². The van der Waals surface area contributed by atoms with Crippen LogP contribution in [0.3, 0.4) is 0 Å². The number of piperidine rings is 1. The van der Waals surface area contributed by atoms with E-state index in [2.05, 4.69) is 0 Å². The maximum Gasteiger partial charge on any atom is 0.314 e. The Balaban J connectivity index is 2.44. The molecule has 82 valence electrons. The molecule has 1 aliphatic rings. The number of nitrogens with two attached hydrogens (primary N) is 2. The Morgan fingerprint density at radius 2 is 2.21 bits per heavy atom. The molecule has 4 nitrogen and oxygen atoms in total. The molecule has 0 saturated carbocycles. The summed E-state index contributed by atoms with van der Waals surface area (Å²) in [5.74, 6) is 0.510. The van der Waals surface area contributed by atoms with Crippen LogP contribution >= 0.6 is 0 Å². The SMILES string of the molecule is CC(C)(N)CC1CCCN(C(N)=O)C1. The fourth-order valence-corrected chi connectivity index (χ4v) is 2.18. The molecule has 0 bridgehead atoms. The highest BCUT2D eigenvalue weighted by atomic mass is 16.2. The Bertz CT molecular complexity index is 210. The monoisotopic (exact) mass is 199 g/mol. The zero-order valence-corrected chi connectivity index (χ0v) is 9.12. The van der Waals surface area contributed by atoms with E-state index >= 15 is 0 Å². The van der Waals surface area contributed by atoms with Crippen molar-refractivity contribution in [2.45, 2.75) is 38.6 Å². The van der Waals surface area contributed by atoms with Gasteiger partial charge in [0.25, 0.3) is 0 Å². The number of urea groups is 1. The Morgan fingerprint density at radius 3 is 2.71 bits per heavy atom.